The highest BCUT2D eigenvalue weighted by molar-refractivity contribution is 7.13. The quantitative estimate of drug-likeness (QED) is 0.502. The monoisotopic (exact) mass is 512 g/mol. The molecule has 7 nitrogen and oxygen atoms in total. The summed E-state index contributed by atoms with van der Waals surface area (Å²) < 4.78 is 5.45. The summed E-state index contributed by atoms with van der Waals surface area (Å²) in [6.45, 7) is 7.54. The Hall–Kier alpha value is -2.58. The van der Waals surface area contributed by atoms with E-state index in [9.17, 15) is 19.5 Å². The van der Waals surface area contributed by atoms with Gasteiger partial charge in [0.05, 0.1) is 40.6 Å². The van der Waals surface area contributed by atoms with Gasteiger partial charge < -0.3 is 14.7 Å². The highest BCUT2D eigenvalue weighted by Gasteiger charge is 2.45. The molecule has 1 aliphatic heterocycles. The number of ether oxygens (including phenoxy) is 1. The number of esters is 1. The molecule has 2 fully saturated rings. The van der Waals surface area contributed by atoms with Crippen LogP contribution in [-0.2, 0) is 25.5 Å². The molecule has 1 saturated carbocycles. The molecule has 0 bridgehead atoms. The van der Waals surface area contributed by atoms with E-state index in [0.717, 1.165) is 34.5 Å². The van der Waals surface area contributed by atoms with Crippen molar-refractivity contribution < 1.29 is 24.2 Å². The van der Waals surface area contributed by atoms with Crippen LogP contribution in [0.25, 0.3) is 10.4 Å². The molecule has 0 radical (unpaired) electrons. The Labute approximate surface area is 216 Å². The second-order valence-corrected chi connectivity index (χ2v) is 11.9. The fourth-order valence-electron chi connectivity index (χ4n) is 4.93. The van der Waals surface area contributed by atoms with Gasteiger partial charge in [-0.15, -0.1) is 11.3 Å². The number of hydrogen-bond donors (Lipinski definition) is 1. The van der Waals surface area contributed by atoms with Crippen molar-refractivity contribution in [3.63, 3.8) is 0 Å². The summed E-state index contributed by atoms with van der Waals surface area (Å²) in [5, 5.41) is 10.3. The predicted molar refractivity (Wildman–Crippen MR) is 138 cm³/mol. The van der Waals surface area contributed by atoms with Crippen molar-refractivity contribution in [3.05, 3.63) is 41.0 Å². The minimum Gasteiger partial charge on any atom is -0.460 e. The van der Waals surface area contributed by atoms with Gasteiger partial charge in [0.15, 0.2) is 5.78 Å². The lowest BCUT2D eigenvalue weighted by molar-refractivity contribution is -0.159. The Morgan fingerprint density at radius 2 is 1.89 bits per heavy atom. The first kappa shape index (κ1) is 26.5. The van der Waals surface area contributed by atoms with Gasteiger partial charge in [0, 0.05) is 19.4 Å². The predicted octanol–water partition coefficient (Wildman–Crippen LogP) is 4.34. The number of Topliss-reactive ketones (excluding diaryl/α,β-unsaturated/α-hetero) is 1. The molecular formula is C28H36N2O5S. The molecule has 1 aliphatic carbocycles. The number of aliphatic hydroxyl groups is 1. The summed E-state index contributed by atoms with van der Waals surface area (Å²) >= 11 is 1.61. The van der Waals surface area contributed by atoms with Crippen LogP contribution in [0, 0.1) is 18.8 Å². The number of benzene rings is 1. The third-order valence-electron chi connectivity index (χ3n) is 6.87. The van der Waals surface area contributed by atoms with Gasteiger partial charge in [-0.1, -0.05) is 24.3 Å². The van der Waals surface area contributed by atoms with Crippen LogP contribution < -0.4 is 0 Å². The molecule has 1 aromatic heterocycles. The number of β-amino-alcohol motifs (C(OH)–C–C–N with tert-alkyl or cyclic N) is 1. The topological polar surface area (TPSA) is 96.8 Å². The SMILES string of the molecule is Cc1ncsc1-c1ccc(CCC(=O)[C@@H]2C[C@@H](O)CN2C(=O)[C@@H](CC(=O)OC(C)(C)C)C2CC2)cc1. The minimum absolute atomic E-state index is 0.0137. The van der Waals surface area contributed by atoms with E-state index >= 15 is 0 Å². The molecule has 3 atom stereocenters. The maximum atomic E-state index is 13.5. The zero-order valence-electron chi connectivity index (χ0n) is 21.5. The van der Waals surface area contributed by atoms with Crippen LogP contribution in [0.2, 0.25) is 0 Å². The van der Waals surface area contributed by atoms with E-state index in [-0.39, 0.29) is 37.0 Å². The molecule has 0 unspecified atom stereocenters. The third-order valence-corrected chi connectivity index (χ3v) is 7.85. The van der Waals surface area contributed by atoms with Gasteiger partial charge >= 0.3 is 5.97 Å². The number of ketones is 1. The third kappa shape index (κ3) is 6.59. The van der Waals surface area contributed by atoms with Crippen molar-refractivity contribution in [1.82, 2.24) is 9.88 Å². The van der Waals surface area contributed by atoms with Crippen LogP contribution >= 0.6 is 11.3 Å². The molecule has 194 valence electrons. The van der Waals surface area contributed by atoms with E-state index in [1.807, 2.05) is 36.7 Å². The van der Waals surface area contributed by atoms with Crippen molar-refractivity contribution in [2.24, 2.45) is 11.8 Å². The van der Waals surface area contributed by atoms with Crippen molar-refractivity contribution in [2.75, 3.05) is 6.54 Å². The largest absolute Gasteiger partial charge is 0.460 e. The van der Waals surface area contributed by atoms with Gasteiger partial charge in [-0.3, -0.25) is 14.4 Å². The van der Waals surface area contributed by atoms with Crippen LogP contribution in [0.3, 0.4) is 0 Å². The number of thiazole rings is 1. The molecule has 4 rings (SSSR count). The maximum absolute atomic E-state index is 13.5. The molecule has 1 aromatic carbocycles. The van der Waals surface area contributed by atoms with Crippen LogP contribution in [0.4, 0.5) is 0 Å². The zero-order chi connectivity index (χ0) is 26.0. The van der Waals surface area contributed by atoms with Gasteiger partial charge in [0.2, 0.25) is 5.91 Å². The van der Waals surface area contributed by atoms with Gasteiger partial charge in [-0.05, 0) is 64.0 Å². The highest BCUT2D eigenvalue weighted by Crippen LogP contribution is 2.41. The number of nitrogens with zero attached hydrogens (tertiary/aromatic N) is 2. The number of aryl methyl sites for hydroxylation is 2. The first-order valence-corrected chi connectivity index (χ1v) is 13.6. The van der Waals surface area contributed by atoms with E-state index in [1.54, 1.807) is 32.1 Å². The van der Waals surface area contributed by atoms with Crippen molar-refractivity contribution in [1.29, 1.82) is 0 Å². The number of carbonyl (C=O) groups excluding carboxylic acids is 3. The molecule has 2 aliphatic rings. The Morgan fingerprint density at radius 1 is 1.19 bits per heavy atom. The van der Waals surface area contributed by atoms with Crippen LogP contribution in [0.1, 0.15) is 64.1 Å². The smallest absolute Gasteiger partial charge is 0.307 e. The summed E-state index contributed by atoms with van der Waals surface area (Å²) in [5.74, 6) is -1.01. The molecule has 2 aromatic rings. The summed E-state index contributed by atoms with van der Waals surface area (Å²) in [6.07, 6.45) is 2.18. The summed E-state index contributed by atoms with van der Waals surface area (Å²) in [4.78, 5) is 46.1. The Bertz CT molecular complexity index is 1100. The fourth-order valence-corrected chi connectivity index (χ4v) is 5.74. The fraction of sp³-hybridized carbons (Fsp3) is 0.571. The maximum Gasteiger partial charge on any atom is 0.307 e. The van der Waals surface area contributed by atoms with Crippen molar-refractivity contribution in [3.8, 4) is 10.4 Å². The number of likely N-dealkylation sites (tertiary alicyclic amines) is 1. The summed E-state index contributed by atoms with van der Waals surface area (Å²) in [6, 6.07) is 7.50. The van der Waals surface area contributed by atoms with Gasteiger partial charge in [-0.25, -0.2) is 4.98 Å². The number of amides is 1. The lowest BCUT2D eigenvalue weighted by Gasteiger charge is -2.28. The van der Waals surface area contributed by atoms with E-state index in [2.05, 4.69) is 4.98 Å². The number of aromatic nitrogens is 1. The second kappa shape index (κ2) is 10.8. The number of hydrogen-bond acceptors (Lipinski definition) is 7. The normalized spacial score (nSPS) is 20.9. The summed E-state index contributed by atoms with van der Waals surface area (Å²) in [7, 11) is 0. The molecule has 0 spiro atoms. The molecular weight excluding hydrogens is 476 g/mol. The molecule has 1 amide bonds. The number of carbonyl (C=O) groups is 3. The van der Waals surface area contributed by atoms with Crippen molar-refractivity contribution >= 4 is 29.0 Å². The Kier molecular flexibility index (Phi) is 7.95. The number of rotatable bonds is 9. The van der Waals surface area contributed by atoms with Crippen LogP contribution in [0.15, 0.2) is 29.8 Å². The lowest BCUT2D eigenvalue weighted by Crippen LogP contribution is -2.45. The Balaban J connectivity index is 1.38. The molecule has 8 heteroatoms. The van der Waals surface area contributed by atoms with E-state index < -0.39 is 29.6 Å². The molecule has 1 saturated heterocycles. The molecule has 36 heavy (non-hydrogen) atoms. The van der Waals surface area contributed by atoms with Crippen LogP contribution in [-0.4, -0.2) is 56.9 Å². The standard InChI is InChI=1S/C28H36N2O5S/c1-17-26(36-16-29-17)20-8-5-18(6-9-20)7-12-24(32)23-13-21(31)15-30(23)27(34)22(19-10-11-19)14-25(33)35-28(2,3)4/h5-6,8-9,16,19,21-23,31H,7,10-15H2,1-4H3/t21-,22+,23+/m1/s1. The van der Waals surface area contributed by atoms with Gasteiger partial charge in [0.1, 0.15) is 5.60 Å². The van der Waals surface area contributed by atoms with E-state index in [1.165, 1.54) is 4.90 Å². The zero-order valence-corrected chi connectivity index (χ0v) is 22.3. The number of aliphatic hydroxyl groups excluding tert-OH is 1. The highest BCUT2D eigenvalue weighted by atomic mass is 32.1. The van der Waals surface area contributed by atoms with E-state index in [4.69, 9.17) is 4.74 Å². The molecule has 2 heterocycles. The van der Waals surface area contributed by atoms with Gasteiger partial charge in [0.25, 0.3) is 0 Å². The van der Waals surface area contributed by atoms with Crippen LogP contribution in [0.5, 0.6) is 0 Å². The average Bonchev–Trinajstić information content (AvgIpc) is 3.44. The average molecular weight is 513 g/mol. The minimum atomic E-state index is -0.730. The Morgan fingerprint density at radius 3 is 2.47 bits per heavy atom. The molecule has 1 N–H and O–H groups in total. The first-order chi connectivity index (χ1) is 17.0. The first-order valence-electron chi connectivity index (χ1n) is 12.7. The van der Waals surface area contributed by atoms with E-state index in [0.29, 0.717) is 12.8 Å². The van der Waals surface area contributed by atoms with Gasteiger partial charge in [-0.2, -0.15) is 0 Å². The summed E-state index contributed by atoms with van der Waals surface area (Å²) in [5.41, 5.74) is 4.38. The lowest BCUT2D eigenvalue weighted by atomic mass is 9.95. The second-order valence-electron chi connectivity index (χ2n) is 11.1. The van der Waals surface area contributed by atoms with Crippen molar-refractivity contribution in [2.45, 2.75) is 84.0 Å².